The molecule has 3 rings (SSSR count). The summed E-state index contributed by atoms with van der Waals surface area (Å²) in [6, 6.07) is 4.84. The van der Waals surface area contributed by atoms with Crippen molar-refractivity contribution in [3.05, 3.63) is 29.8 Å². The summed E-state index contributed by atoms with van der Waals surface area (Å²) in [5.41, 5.74) is 0.304. The Morgan fingerprint density at radius 2 is 1.52 bits per heavy atom. The van der Waals surface area contributed by atoms with Gasteiger partial charge in [0.1, 0.15) is 0 Å². The van der Waals surface area contributed by atoms with E-state index in [1.165, 1.54) is 33.3 Å². The van der Waals surface area contributed by atoms with Gasteiger partial charge >= 0.3 is 0 Å². The molecule has 0 aromatic heterocycles. The van der Waals surface area contributed by atoms with Crippen LogP contribution in [0.3, 0.4) is 0 Å². The number of ether oxygens (including phenoxy) is 2. The first-order valence-corrected chi connectivity index (χ1v) is 22.3. The van der Waals surface area contributed by atoms with Crippen molar-refractivity contribution in [1.82, 2.24) is 24.7 Å². The van der Waals surface area contributed by atoms with Gasteiger partial charge in [0.15, 0.2) is 5.78 Å². The van der Waals surface area contributed by atoms with Crippen LogP contribution in [0.25, 0.3) is 0 Å². The van der Waals surface area contributed by atoms with E-state index in [4.69, 9.17) is 9.47 Å². The molecule has 58 heavy (non-hydrogen) atoms. The number of sulfonamides is 1. The number of benzene rings is 1. The fraction of sp³-hybridized carbons (Fsp3) is 0.744. The third-order valence-corrected chi connectivity index (χ3v) is 13.8. The smallest absolute Gasteiger partial charge is 0.264 e. The number of likely N-dealkylation sites (tertiary alicyclic amines) is 1. The van der Waals surface area contributed by atoms with Gasteiger partial charge in [0.05, 0.1) is 53.1 Å². The molecule has 14 nitrogen and oxygen atoms in total. The molecule has 2 fully saturated rings. The highest BCUT2D eigenvalue weighted by Gasteiger charge is 2.46. The minimum Gasteiger partial charge on any atom is -0.379 e. The van der Waals surface area contributed by atoms with Gasteiger partial charge in [-0.2, -0.15) is 0 Å². The normalized spacial score (nSPS) is 20.2. The molecule has 1 aromatic rings. The highest BCUT2D eigenvalue weighted by atomic mass is 32.2. The number of carbonyl (C=O) groups excluding carboxylic acids is 5. The second-order valence-corrected chi connectivity index (χ2v) is 19.2. The van der Waals surface area contributed by atoms with E-state index < -0.39 is 57.6 Å². The Hall–Kier alpha value is -3.40. The number of nitrogens with zero attached hydrogens (tertiary/aromatic N) is 3. The van der Waals surface area contributed by atoms with Crippen LogP contribution in [0, 0.1) is 29.6 Å². The van der Waals surface area contributed by atoms with E-state index in [1.54, 1.807) is 35.9 Å². The van der Waals surface area contributed by atoms with Gasteiger partial charge in [-0.15, -0.1) is 0 Å². The molecule has 1 aliphatic carbocycles. The summed E-state index contributed by atoms with van der Waals surface area (Å²) < 4.78 is 40.8. The van der Waals surface area contributed by atoms with Crippen LogP contribution in [-0.4, -0.2) is 125 Å². The van der Waals surface area contributed by atoms with Gasteiger partial charge in [-0.3, -0.25) is 28.9 Å². The lowest BCUT2D eigenvalue weighted by Crippen LogP contribution is -2.54. The molecule has 1 saturated heterocycles. The first kappa shape index (κ1) is 49.0. The zero-order valence-corrected chi connectivity index (χ0v) is 38.0. The molecule has 0 radical (unpaired) electrons. The lowest BCUT2D eigenvalue weighted by Gasteiger charge is -2.41. The molecule has 328 valence electrons. The average Bonchev–Trinajstić information content (AvgIpc) is 3.76. The van der Waals surface area contributed by atoms with Crippen molar-refractivity contribution in [2.75, 3.05) is 41.9 Å². The molecule has 2 N–H and O–H groups in total. The Morgan fingerprint density at radius 1 is 0.914 bits per heavy atom. The fourth-order valence-corrected chi connectivity index (χ4v) is 10.0. The van der Waals surface area contributed by atoms with Crippen molar-refractivity contribution in [3.8, 4) is 0 Å². The number of hydrogen-bond acceptors (Lipinski definition) is 10. The van der Waals surface area contributed by atoms with Crippen LogP contribution < -0.4 is 10.0 Å². The van der Waals surface area contributed by atoms with Crippen LogP contribution in [0.4, 0.5) is 0 Å². The van der Waals surface area contributed by atoms with Crippen molar-refractivity contribution in [2.24, 2.45) is 29.6 Å². The largest absolute Gasteiger partial charge is 0.379 e. The lowest BCUT2D eigenvalue weighted by molar-refractivity contribution is -0.149. The van der Waals surface area contributed by atoms with Gasteiger partial charge in [-0.25, -0.2) is 13.1 Å². The molecule has 0 unspecified atom stereocenters. The van der Waals surface area contributed by atoms with Crippen molar-refractivity contribution in [2.45, 2.75) is 141 Å². The summed E-state index contributed by atoms with van der Waals surface area (Å²) in [5.74, 6) is -2.85. The molecule has 4 amide bonds. The van der Waals surface area contributed by atoms with Gasteiger partial charge in [0.25, 0.3) is 10.0 Å². The maximum atomic E-state index is 14.3. The molecule has 8 atom stereocenters. The molecule has 2 aliphatic rings. The topological polar surface area (TPSA) is 172 Å². The molecule has 1 aliphatic heterocycles. The van der Waals surface area contributed by atoms with Gasteiger partial charge in [-0.1, -0.05) is 67.0 Å². The summed E-state index contributed by atoms with van der Waals surface area (Å²) in [6.07, 6.45) is 2.03. The van der Waals surface area contributed by atoms with Crippen molar-refractivity contribution in [1.29, 1.82) is 0 Å². The van der Waals surface area contributed by atoms with Crippen LogP contribution in [0.15, 0.2) is 29.2 Å². The van der Waals surface area contributed by atoms with Crippen LogP contribution in [0.5, 0.6) is 0 Å². The monoisotopic (exact) mass is 833 g/mol. The Morgan fingerprint density at radius 3 is 1.98 bits per heavy atom. The number of hydrogen-bond donors (Lipinski definition) is 2. The molecular weight excluding hydrogens is 763 g/mol. The number of carbonyl (C=O) groups is 5. The zero-order valence-electron chi connectivity index (χ0n) is 37.2. The molecule has 0 spiro atoms. The highest BCUT2D eigenvalue weighted by molar-refractivity contribution is 7.90. The van der Waals surface area contributed by atoms with Gasteiger partial charge in [0.2, 0.25) is 23.6 Å². The summed E-state index contributed by atoms with van der Waals surface area (Å²) in [4.78, 5) is 72.5. The second kappa shape index (κ2) is 20.7. The van der Waals surface area contributed by atoms with Crippen LogP contribution >= 0.6 is 0 Å². The van der Waals surface area contributed by atoms with E-state index in [0.29, 0.717) is 25.8 Å². The Balaban J connectivity index is 1.77. The van der Waals surface area contributed by atoms with Crippen molar-refractivity contribution >= 4 is 39.4 Å². The Kier molecular flexibility index (Phi) is 17.5. The third kappa shape index (κ3) is 11.7. The standard InChI is InChI=1S/C43H71N5O9S/c1-14-28(6)39(47(11)42(53)33(26(2)3)24-35(50)38(27(4)5)46(9)10)36(56-12)25-37(51)48-23-15-16-34(48)40(57-13)29(7)41(52)45-58(54,55)32-19-17-31(18-20-32)43(21-22-43)44-30(8)49/h17-20,26-29,33-34,36,38-40H,14-16,21-25H2,1-13H3,(H,44,49)(H,45,52)/t28-,29+,33-,34-,36+,38-,39-,40+/m0/s1. The quantitative estimate of drug-likeness (QED) is 0.171. The van der Waals surface area contributed by atoms with Crippen molar-refractivity contribution in [3.63, 3.8) is 0 Å². The first-order chi connectivity index (χ1) is 27.1. The summed E-state index contributed by atoms with van der Waals surface area (Å²) in [6.45, 7) is 15.4. The number of likely N-dealkylation sites (N-methyl/N-ethyl adjacent to an activating group) is 2. The summed E-state index contributed by atoms with van der Waals surface area (Å²) in [7, 11) is 4.23. The minimum atomic E-state index is -4.24. The minimum absolute atomic E-state index is 0.0209. The summed E-state index contributed by atoms with van der Waals surface area (Å²) in [5, 5.41) is 2.93. The van der Waals surface area contributed by atoms with E-state index in [9.17, 15) is 32.4 Å². The number of methoxy groups -OCH3 is 2. The van der Waals surface area contributed by atoms with Gasteiger partial charge < -0.3 is 24.6 Å². The summed E-state index contributed by atoms with van der Waals surface area (Å²) >= 11 is 0. The maximum Gasteiger partial charge on any atom is 0.264 e. The van der Waals surface area contributed by atoms with E-state index >= 15 is 0 Å². The number of rotatable bonds is 22. The molecule has 1 heterocycles. The van der Waals surface area contributed by atoms with E-state index in [0.717, 1.165) is 18.4 Å². The molecule has 0 bridgehead atoms. The van der Waals surface area contributed by atoms with Crippen LogP contribution in [0.1, 0.15) is 106 Å². The predicted molar refractivity (Wildman–Crippen MR) is 223 cm³/mol. The third-order valence-electron chi connectivity index (χ3n) is 12.4. The average molecular weight is 834 g/mol. The molecule has 1 saturated carbocycles. The number of nitrogens with one attached hydrogen (secondary N) is 2. The number of amides is 4. The Bertz CT molecular complexity index is 1690. The van der Waals surface area contributed by atoms with E-state index in [2.05, 4.69) is 10.0 Å². The van der Waals surface area contributed by atoms with Crippen LogP contribution in [-0.2, 0) is 49.0 Å². The number of Topliss-reactive ketones (excluding diaryl/α,β-unsaturated/α-hetero) is 1. The van der Waals surface area contributed by atoms with Gasteiger partial charge in [-0.05, 0) is 75.2 Å². The SMILES string of the molecule is CC[C@H](C)[C@@H]([C@@H](CC(=O)N1CCC[C@H]1[C@H](OC)[C@@H](C)C(=O)NS(=O)(=O)c1ccc(C2(NC(C)=O)CC2)cc1)OC)N(C)C(=O)[C@@H](CC(=O)[C@H](C(C)C)N(C)C)C(C)C. The number of ketones is 1. The second-order valence-electron chi connectivity index (χ2n) is 17.5. The molecule has 15 heteroatoms. The molecule has 1 aromatic carbocycles. The van der Waals surface area contributed by atoms with Crippen LogP contribution in [0.2, 0.25) is 0 Å². The zero-order chi connectivity index (χ0) is 43.9. The van der Waals surface area contributed by atoms with E-state index in [1.807, 2.05) is 60.5 Å². The fourth-order valence-electron chi connectivity index (χ4n) is 8.95. The maximum absolute atomic E-state index is 14.3. The first-order valence-electron chi connectivity index (χ1n) is 20.8. The predicted octanol–water partition coefficient (Wildman–Crippen LogP) is 4.35. The van der Waals surface area contributed by atoms with Gasteiger partial charge in [0, 0.05) is 47.1 Å². The lowest BCUT2D eigenvalue weighted by atomic mass is 9.83. The Labute approximate surface area is 347 Å². The van der Waals surface area contributed by atoms with E-state index in [-0.39, 0.29) is 65.0 Å². The molecular formula is C43H71N5O9S. The highest BCUT2D eigenvalue weighted by Crippen LogP contribution is 2.45. The van der Waals surface area contributed by atoms with Crippen molar-refractivity contribution < 1.29 is 41.9 Å².